The lowest BCUT2D eigenvalue weighted by Gasteiger charge is -2.32. The van der Waals surface area contributed by atoms with E-state index in [1.165, 1.54) is 5.56 Å². The molecule has 1 aliphatic rings. The Hall–Kier alpha value is -1.91. The summed E-state index contributed by atoms with van der Waals surface area (Å²) in [5, 5.41) is 11.9. The number of rotatable bonds is 0. The summed E-state index contributed by atoms with van der Waals surface area (Å²) in [7, 11) is 0. The summed E-state index contributed by atoms with van der Waals surface area (Å²) in [5.74, 6) is 1.55. The standard InChI is InChI=1S/C14H18N4O/c1-13(2,3)9-6-7-11-10(8-9)18-12(15-16-17-18)14(4,5)19-11/h6-8H,1-5H3. The normalized spacial score (nSPS) is 16.5. The first kappa shape index (κ1) is 12.1. The fourth-order valence-corrected chi connectivity index (χ4v) is 2.28. The summed E-state index contributed by atoms with van der Waals surface area (Å²) < 4.78 is 7.78. The molecule has 0 fully saturated rings. The van der Waals surface area contributed by atoms with Crippen LogP contribution in [0.3, 0.4) is 0 Å². The maximum absolute atomic E-state index is 6.01. The predicted molar refractivity (Wildman–Crippen MR) is 71.5 cm³/mol. The Balaban J connectivity index is 2.22. The second-order valence-electron chi connectivity index (χ2n) is 6.46. The fourth-order valence-electron chi connectivity index (χ4n) is 2.28. The number of nitrogens with zero attached hydrogens (tertiary/aromatic N) is 4. The van der Waals surface area contributed by atoms with Crippen molar-refractivity contribution in [3.8, 4) is 11.4 Å². The van der Waals surface area contributed by atoms with Crippen molar-refractivity contribution < 1.29 is 4.74 Å². The van der Waals surface area contributed by atoms with E-state index < -0.39 is 5.60 Å². The monoisotopic (exact) mass is 258 g/mol. The van der Waals surface area contributed by atoms with Crippen LogP contribution in [0.25, 0.3) is 5.69 Å². The second kappa shape index (κ2) is 3.56. The van der Waals surface area contributed by atoms with E-state index in [4.69, 9.17) is 4.74 Å². The van der Waals surface area contributed by atoms with Crippen molar-refractivity contribution in [1.29, 1.82) is 0 Å². The molecule has 0 amide bonds. The molecular weight excluding hydrogens is 240 g/mol. The third-order valence-corrected chi connectivity index (χ3v) is 3.43. The quantitative estimate of drug-likeness (QED) is 0.728. The Morgan fingerprint density at radius 3 is 2.63 bits per heavy atom. The molecular formula is C14H18N4O. The number of benzene rings is 1. The van der Waals surface area contributed by atoms with Crippen LogP contribution in [0.15, 0.2) is 18.2 Å². The van der Waals surface area contributed by atoms with Crippen LogP contribution in [-0.2, 0) is 11.0 Å². The van der Waals surface area contributed by atoms with Gasteiger partial charge < -0.3 is 4.74 Å². The van der Waals surface area contributed by atoms with Crippen molar-refractivity contribution in [2.24, 2.45) is 0 Å². The molecule has 0 aliphatic carbocycles. The van der Waals surface area contributed by atoms with Crippen LogP contribution in [-0.4, -0.2) is 20.2 Å². The summed E-state index contributed by atoms with van der Waals surface area (Å²) in [6, 6.07) is 6.21. The lowest BCUT2D eigenvalue weighted by molar-refractivity contribution is 0.0853. The molecule has 5 nitrogen and oxygen atoms in total. The SMILES string of the molecule is CC(C)(C)c1ccc2c(c1)-n1nnnc1C(C)(C)O2. The zero-order valence-electron chi connectivity index (χ0n) is 11.9. The van der Waals surface area contributed by atoms with Gasteiger partial charge in [0.25, 0.3) is 0 Å². The molecule has 0 saturated carbocycles. The van der Waals surface area contributed by atoms with Gasteiger partial charge in [0.15, 0.2) is 11.4 Å². The zero-order valence-corrected chi connectivity index (χ0v) is 11.9. The highest BCUT2D eigenvalue weighted by Gasteiger charge is 2.36. The van der Waals surface area contributed by atoms with E-state index in [0.29, 0.717) is 0 Å². The van der Waals surface area contributed by atoms with Gasteiger partial charge in [-0.25, -0.2) is 0 Å². The number of ether oxygens (including phenoxy) is 1. The van der Waals surface area contributed by atoms with Gasteiger partial charge >= 0.3 is 0 Å². The molecule has 0 atom stereocenters. The van der Waals surface area contributed by atoms with Gasteiger partial charge in [0, 0.05) is 0 Å². The smallest absolute Gasteiger partial charge is 0.199 e. The van der Waals surface area contributed by atoms with Crippen LogP contribution in [0.1, 0.15) is 46.0 Å². The molecule has 2 aromatic rings. The zero-order chi connectivity index (χ0) is 13.8. The summed E-state index contributed by atoms with van der Waals surface area (Å²) >= 11 is 0. The van der Waals surface area contributed by atoms with Crippen LogP contribution >= 0.6 is 0 Å². The molecule has 0 radical (unpaired) electrons. The van der Waals surface area contributed by atoms with Crippen LogP contribution in [0.4, 0.5) is 0 Å². The third kappa shape index (κ3) is 1.80. The molecule has 3 rings (SSSR count). The number of hydrogen-bond donors (Lipinski definition) is 0. The Labute approximate surface area is 112 Å². The molecule has 0 saturated heterocycles. The molecule has 1 aliphatic heterocycles. The average Bonchev–Trinajstić information content (AvgIpc) is 2.76. The van der Waals surface area contributed by atoms with Gasteiger partial charge in [-0.3, -0.25) is 0 Å². The Bertz CT molecular complexity index is 637. The van der Waals surface area contributed by atoms with Crippen LogP contribution in [0.2, 0.25) is 0 Å². The number of tetrazole rings is 1. The van der Waals surface area contributed by atoms with Crippen LogP contribution < -0.4 is 4.74 Å². The minimum atomic E-state index is -0.514. The van der Waals surface area contributed by atoms with E-state index in [1.807, 2.05) is 19.9 Å². The van der Waals surface area contributed by atoms with Gasteiger partial charge in [-0.2, -0.15) is 4.68 Å². The second-order valence-corrected chi connectivity index (χ2v) is 6.46. The molecule has 0 N–H and O–H groups in total. The topological polar surface area (TPSA) is 52.8 Å². The molecule has 2 heterocycles. The van der Waals surface area contributed by atoms with Crippen molar-refractivity contribution in [3.05, 3.63) is 29.6 Å². The summed E-state index contributed by atoms with van der Waals surface area (Å²) in [4.78, 5) is 0. The molecule has 1 aromatic heterocycles. The first-order chi connectivity index (χ1) is 8.79. The Morgan fingerprint density at radius 2 is 1.95 bits per heavy atom. The van der Waals surface area contributed by atoms with E-state index >= 15 is 0 Å². The fraction of sp³-hybridized carbons (Fsp3) is 0.500. The van der Waals surface area contributed by atoms with Gasteiger partial charge in [0.2, 0.25) is 0 Å². The molecule has 0 bridgehead atoms. The van der Waals surface area contributed by atoms with Crippen molar-refractivity contribution in [3.63, 3.8) is 0 Å². The maximum atomic E-state index is 6.01. The highest BCUT2D eigenvalue weighted by molar-refractivity contribution is 5.52. The van der Waals surface area contributed by atoms with Gasteiger partial charge in [0.05, 0.1) is 0 Å². The molecule has 100 valence electrons. The van der Waals surface area contributed by atoms with E-state index in [9.17, 15) is 0 Å². The Kier molecular flexibility index (Phi) is 2.27. The van der Waals surface area contributed by atoms with Gasteiger partial charge in [-0.15, -0.1) is 5.10 Å². The van der Waals surface area contributed by atoms with Crippen molar-refractivity contribution in [2.75, 3.05) is 0 Å². The first-order valence-corrected chi connectivity index (χ1v) is 6.42. The Morgan fingerprint density at radius 1 is 1.21 bits per heavy atom. The average molecular weight is 258 g/mol. The largest absolute Gasteiger partial charge is 0.478 e. The van der Waals surface area contributed by atoms with Crippen molar-refractivity contribution >= 4 is 0 Å². The van der Waals surface area contributed by atoms with Gasteiger partial charge in [-0.1, -0.05) is 26.8 Å². The minimum Gasteiger partial charge on any atom is -0.478 e. The van der Waals surface area contributed by atoms with E-state index in [-0.39, 0.29) is 5.41 Å². The number of hydrogen-bond acceptors (Lipinski definition) is 4. The molecule has 5 heteroatoms. The van der Waals surface area contributed by atoms with E-state index in [2.05, 4.69) is 48.4 Å². The van der Waals surface area contributed by atoms with Crippen molar-refractivity contribution in [2.45, 2.75) is 45.6 Å². The predicted octanol–water partition coefficient (Wildman–Crippen LogP) is 2.59. The highest BCUT2D eigenvalue weighted by Crippen LogP contribution is 2.38. The number of fused-ring (bicyclic) bond motifs is 3. The van der Waals surface area contributed by atoms with Crippen LogP contribution in [0.5, 0.6) is 5.75 Å². The number of aromatic nitrogens is 4. The van der Waals surface area contributed by atoms with Gasteiger partial charge in [0.1, 0.15) is 11.4 Å². The first-order valence-electron chi connectivity index (χ1n) is 6.42. The lowest BCUT2D eigenvalue weighted by Crippen LogP contribution is -2.34. The summed E-state index contributed by atoms with van der Waals surface area (Å²) in [6.07, 6.45) is 0. The van der Waals surface area contributed by atoms with E-state index in [1.54, 1.807) is 4.68 Å². The molecule has 0 unspecified atom stereocenters. The maximum Gasteiger partial charge on any atom is 0.199 e. The van der Waals surface area contributed by atoms with Crippen molar-refractivity contribution in [1.82, 2.24) is 20.2 Å². The summed E-state index contributed by atoms with van der Waals surface area (Å²) in [6.45, 7) is 10.5. The van der Waals surface area contributed by atoms with Crippen LogP contribution in [0, 0.1) is 0 Å². The summed E-state index contributed by atoms with van der Waals surface area (Å²) in [5.41, 5.74) is 1.71. The molecule has 0 spiro atoms. The van der Waals surface area contributed by atoms with Gasteiger partial charge in [-0.05, 0) is 47.4 Å². The molecule has 1 aromatic carbocycles. The van der Waals surface area contributed by atoms with E-state index in [0.717, 1.165) is 17.3 Å². The minimum absolute atomic E-state index is 0.0795. The molecule has 19 heavy (non-hydrogen) atoms. The lowest BCUT2D eigenvalue weighted by atomic mass is 9.86. The third-order valence-electron chi connectivity index (χ3n) is 3.43. The highest BCUT2D eigenvalue weighted by atomic mass is 16.5.